The maximum atomic E-state index is 12.4. The summed E-state index contributed by atoms with van der Waals surface area (Å²) in [6, 6.07) is 9.43. The number of nitrogens with one attached hydrogen (secondary N) is 2. The lowest BCUT2D eigenvalue weighted by atomic mass is 10.1. The van der Waals surface area contributed by atoms with E-state index in [1.54, 1.807) is 12.3 Å². The number of halogens is 2. The van der Waals surface area contributed by atoms with Gasteiger partial charge >= 0.3 is 6.09 Å². The van der Waals surface area contributed by atoms with Gasteiger partial charge in [0.25, 0.3) is 0 Å². The van der Waals surface area contributed by atoms with Gasteiger partial charge in [-0.2, -0.15) is 0 Å². The Bertz CT molecular complexity index is 1000. The molecule has 0 saturated carbocycles. The number of aromatic nitrogens is 2. The molecule has 8 heteroatoms. The summed E-state index contributed by atoms with van der Waals surface area (Å²) in [5, 5.41) is 4.27. The highest BCUT2D eigenvalue weighted by Gasteiger charge is 2.21. The van der Waals surface area contributed by atoms with Gasteiger partial charge in [-0.05, 0) is 60.8 Å². The Hall–Kier alpha value is -2.25. The van der Waals surface area contributed by atoms with Gasteiger partial charge in [0.15, 0.2) is 10.9 Å². The lowest BCUT2D eigenvalue weighted by molar-refractivity contribution is 0.0488. The minimum Gasteiger partial charge on any atom is -0.488 e. The van der Waals surface area contributed by atoms with Gasteiger partial charge in [-0.25, -0.2) is 9.78 Å². The van der Waals surface area contributed by atoms with Gasteiger partial charge in [0.2, 0.25) is 0 Å². The zero-order chi connectivity index (χ0) is 21.0. The van der Waals surface area contributed by atoms with Crippen LogP contribution in [0.15, 0.2) is 47.2 Å². The van der Waals surface area contributed by atoms with Gasteiger partial charge in [0.05, 0.1) is 6.04 Å². The van der Waals surface area contributed by atoms with E-state index >= 15 is 0 Å². The van der Waals surface area contributed by atoms with Crippen molar-refractivity contribution in [2.45, 2.75) is 38.8 Å². The molecule has 1 atom stereocenters. The van der Waals surface area contributed by atoms with E-state index in [-0.39, 0.29) is 17.8 Å². The Morgan fingerprint density at radius 3 is 2.86 bits per heavy atom. The van der Waals surface area contributed by atoms with Gasteiger partial charge in [-0.1, -0.05) is 29.8 Å². The van der Waals surface area contributed by atoms with E-state index in [0.29, 0.717) is 12.2 Å². The fraction of sp³-hybridized carbons (Fsp3) is 0.333. The molecule has 1 aromatic carbocycles. The molecule has 0 spiro atoms. The number of aromatic amines is 1. The summed E-state index contributed by atoms with van der Waals surface area (Å²) in [4.78, 5) is 19.7. The first-order valence-corrected chi connectivity index (χ1v) is 10.4. The van der Waals surface area contributed by atoms with Crippen LogP contribution in [0.25, 0.3) is 10.9 Å². The van der Waals surface area contributed by atoms with Crippen LogP contribution >= 0.6 is 27.5 Å². The summed E-state index contributed by atoms with van der Waals surface area (Å²) in [5.41, 5.74) is 1.52. The normalized spacial score (nSPS) is 12.6. The van der Waals surface area contributed by atoms with Crippen LogP contribution in [-0.2, 0) is 11.2 Å². The standard InChI is InChI=1S/C21H23BrClN3O3/c1-21(2,3)29-20(27)26-15(12-28-18-9-14(22)11-25-19(18)23)8-13-10-24-17-7-5-4-6-16(13)17/h4-7,9-11,15,24H,8,12H2,1-3H3,(H,26,27)/t15-/m0/s1. The number of ether oxygens (including phenoxy) is 2. The van der Waals surface area contributed by atoms with Crippen molar-refractivity contribution in [3.8, 4) is 5.75 Å². The number of alkyl carbamates (subject to hydrolysis) is 1. The van der Waals surface area contributed by atoms with Gasteiger partial charge in [-0.15, -0.1) is 0 Å². The van der Waals surface area contributed by atoms with E-state index in [2.05, 4.69) is 31.2 Å². The highest BCUT2D eigenvalue weighted by Crippen LogP contribution is 2.26. The van der Waals surface area contributed by atoms with Crippen LogP contribution < -0.4 is 10.1 Å². The fourth-order valence-electron chi connectivity index (χ4n) is 2.89. The first kappa shape index (κ1) is 21.5. The molecule has 0 aliphatic carbocycles. The molecule has 0 radical (unpaired) electrons. The number of rotatable bonds is 6. The highest BCUT2D eigenvalue weighted by molar-refractivity contribution is 9.10. The molecule has 0 unspecified atom stereocenters. The summed E-state index contributed by atoms with van der Waals surface area (Å²) in [7, 11) is 0. The Balaban J connectivity index is 1.77. The number of amides is 1. The average Bonchev–Trinajstić information content (AvgIpc) is 3.04. The highest BCUT2D eigenvalue weighted by atomic mass is 79.9. The average molecular weight is 481 g/mol. The van der Waals surface area contributed by atoms with Crippen molar-refractivity contribution in [2.75, 3.05) is 6.61 Å². The monoisotopic (exact) mass is 479 g/mol. The van der Waals surface area contributed by atoms with Crippen LogP contribution in [0.3, 0.4) is 0 Å². The molecule has 0 aliphatic heterocycles. The number of fused-ring (bicyclic) bond motifs is 1. The summed E-state index contributed by atoms with van der Waals surface area (Å²) >= 11 is 9.48. The predicted molar refractivity (Wildman–Crippen MR) is 118 cm³/mol. The van der Waals surface area contributed by atoms with Crippen LogP contribution in [-0.4, -0.2) is 34.3 Å². The fourth-order valence-corrected chi connectivity index (χ4v) is 3.36. The second-order valence-electron chi connectivity index (χ2n) is 7.66. The number of para-hydroxylation sites is 1. The van der Waals surface area contributed by atoms with E-state index < -0.39 is 11.7 Å². The number of pyridine rings is 1. The molecule has 0 saturated heterocycles. The quantitative estimate of drug-likeness (QED) is 0.457. The molecule has 3 aromatic rings. The number of hydrogen-bond acceptors (Lipinski definition) is 4. The first-order valence-electron chi connectivity index (χ1n) is 9.19. The lowest BCUT2D eigenvalue weighted by Gasteiger charge is -2.24. The molecule has 29 heavy (non-hydrogen) atoms. The van der Waals surface area contributed by atoms with Crippen LogP contribution in [0.4, 0.5) is 4.79 Å². The number of benzene rings is 1. The van der Waals surface area contributed by atoms with Gasteiger partial charge in [0, 0.05) is 27.8 Å². The van der Waals surface area contributed by atoms with E-state index in [0.717, 1.165) is 20.9 Å². The third-order valence-electron chi connectivity index (χ3n) is 4.08. The topological polar surface area (TPSA) is 76.2 Å². The zero-order valence-electron chi connectivity index (χ0n) is 16.5. The molecule has 2 N–H and O–H groups in total. The number of carbonyl (C=O) groups is 1. The van der Waals surface area contributed by atoms with Gasteiger partial charge in [0.1, 0.15) is 12.2 Å². The van der Waals surface area contributed by atoms with Crippen molar-refractivity contribution >= 4 is 44.5 Å². The Labute approximate surface area is 183 Å². The van der Waals surface area contributed by atoms with Crippen molar-refractivity contribution in [1.82, 2.24) is 15.3 Å². The summed E-state index contributed by atoms with van der Waals surface area (Å²) in [6.45, 7) is 5.68. The van der Waals surface area contributed by atoms with Crippen LogP contribution in [0.2, 0.25) is 5.15 Å². The SMILES string of the molecule is CC(C)(C)OC(=O)N[C@H](COc1cc(Br)cnc1Cl)Cc1c[nH]c2ccccc12. The lowest BCUT2D eigenvalue weighted by Crippen LogP contribution is -2.43. The number of hydrogen-bond donors (Lipinski definition) is 2. The minimum absolute atomic E-state index is 0.205. The maximum Gasteiger partial charge on any atom is 0.408 e. The molecule has 1 amide bonds. The van der Waals surface area contributed by atoms with Gasteiger partial charge in [-0.3, -0.25) is 0 Å². The Kier molecular flexibility index (Phi) is 6.70. The molecule has 2 aromatic heterocycles. The third-order valence-corrected chi connectivity index (χ3v) is 4.79. The largest absolute Gasteiger partial charge is 0.488 e. The van der Waals surface area contributed by atoms with Crippen LogP contribution in [0.1, 0.15) is 26.3 Å². The van der Waals surface area contributed by atoms with Gasteiger partial charge < -0.3 is 19.8 Å². The van der Waals surface area contributed by atoms with E-state index in [1.807, 2.05) is 51.2 Å². The van der Waals surface area contributed by atoms with Crippen molar-refractivity contribution in [1.29, 1.82) is 0 Å². The first-order chi connectivity index (χ1) is 13.7. The predicted octanol–water partition coefficient (Wildman–Crippen LogP) is 5.49. The molecule has 6 nitrogen and oxygen atoms in total. The number of nitrogens with zero attached hydrogens (tertiary/aromatic N) is 1. The van der Waals surface area contributed by atoms with Crippen molar-refractivity contribution < 1.29 is 14.3 Å². The number of H-pyrrole nitrogens is 1. The maximum absolute atomic E-state index is 12.4. The molecule has 0 bridgehead atoms. The molecule has 0 fully saturated rings. The van der Waals surface area contributed by atoms with E-state index in [1.165, 1.54) is 0 Å². The Morgan fingerprint density at radius 2 is 2.10 bits per heavy atom. The molecule has 154 valence electrons. The van der Waals surface area contributed by atoms with Crippen molar-refractivity contribution in [2.24, 2.45) is 0 Å². The zero-order valence-corrected chi connectivity index (χ0v) is 18.8. The summed E-state index contributed by atoms with van der Waals surface area (Å²) < 4.78 is 12.0. The summed E-state index contributed by atoms with van der Waals surface area (Å²) in [5.74, 6) is 0.441. The van der Waals surface area contributed by atoms with Crippen LogP contribution in [0, 0.1) is 0 Å². The molecular weight excluding hydrogens is 458 g/mol. The minimum atomic E-state index is -0.589. The molecule has 2 heterocycles. The van der Waals surface area contributed by atoms with E-state index in [4.69, 9.17) is 21.1 Å². The third kappa shape index (κ3) is 6.11. The second-order valence-corrected chi connectivity index (χ2v) is 8.93. The van der Waals surface area contributed by atoms with E-state index in [9.17, 15) is 4.79 Å². The Morgan fingerprint density at radius 1 is 1.34 bits per heavy atom. The molecule has 3 rings (SSSR count). The molecule has 0 aliphatic rings. The summed E-state index contributed by atoms with van der Waals surface area (Å²) in [6.07, 6.45) is 3.60. The van der Waals surface area contributed by atoms with Crippen LogP contribution in [0.5, 0.6) is 5.75 Å². The number of carbonyl (C=O) groups excluding carboxylic acids is 1. The smallest absolute Gasteiger partial charge is 0.408 e. The molecular formula is C21H23BrClN3O3. The second kappa shape index (κ2) is 9.05. The van der Waals surface area contributed by atoms with Crippen molar-refractivity contribution in [3.05, 3.63) is 57.9 Å². The van der Waals surface area contributed by atoms with Crippen molar-refractivity contribution in [3.63, 3.8) is 0 Å².